The zero-order valence-electron chi connectivity index (χ0n) is 12.9. The smallest absolute Gasteiger partial charge is 0.230 e. The summed E-state index contributed by atoms with van der Waals surface area (Å²) in [5.74, 6) is 0.756. The minimum absolute atomic E-state index is 0.0520. The number of nitrogens with zero attached hydrogens (tertiary/aromatic N) is 1. The number of rotatable bonds is 7. The van der Waals surface area contributed by atoms with Gasteiger partial charge in [-0.2, -0.15) is 11.3 Å². The van der Waals surface area contributed by atoms with Crippen LogP contribution in [-0.2, 0) is 11.2 Å². The van der Waals surface area contributed by atoms with E-state index in [1.165, 1.54) is 0 Å². The van der Waals surface area contributed by atoms with Crippen LogP contribution < -0.4 is 5.32 Å². The van der Waals surface area contributed by atoms with Crippen molar-refractivity contribution in [1.82, 2.24) is 4.98 Å². The Labute approximate surface area is 153 Å². The van der Waals surface area contributed by atoms with Gasteiger partial charge in [-0.05, 0) is 23.6 Å². The summed E-state index contributed by atoms with van der Waals surface area (Å²) >= 11 is 4.87. The molecule has 0 atom stereocenters. The van der Waals surface area contributed by atoms with Gasteiger partial charge in [0.2, 0.25) is 5.91 Å². The first-order valence-corrected chi connectivity index (χ1v) is 10.2. The lowest BCUT2D eigenvalue weighted by Crippen LogP contribution is -2.15. The number of thiazole rings is 1. The molecular weight excluding hydrogens is 356 g/mol. The van der Waals surface area contributed by atoms with Gasteiger partial charge >= 0.3 is 0 Å². The molecule has 0 spiro atoms. The third-order valence-corrected chi connectivity index (χ3v) is 5.87. The van der Waals surface area contributed by atoms with Crippen LogP contribution in [0.4, 0.5) is 5.69 Å². The summed E-state index contributed by atoms with van der Waals surface area (Å²) in [4.78, 5) is 17.9. The minimum Gasteiger partial charge on any atom is -0.325 e. The van der Waals surface area contributed by atoms with Gasteiger partial charge in [-0.25, -0.2) is 4.98 Å². The largest absolute Gasteiger partial charge is 0.325 e. The van der Waals surface area contributed by atoms with Gasteiger partial charge in [0.15, 0.2) is 0 Å². The second-order valence-electron chi connectivity index (χ2n) is 4.98. The average molecular weight is 373 g/mol. The van der Waals surface area contributed by atoms with E-state index in [0.717, 1.165) is 32.6 Å². The Morgan fingerprint density at radius 1 is 1.29 bits per heavy atom. The van der Waals surface area contributed by atoms with Crippen molar-refractivity contribution in [2.45, 2.75) is 11.3 Å². The second kappa shape index (κ2) is 8.28. The van der Waals surface area contributed by atoms with Crippen LogP contribution in [0.25, 0.3) is 10.6 Å². The SMILES string of the molecule is C=CCSc1ccccc1NC(=O)Cc1csc(-c2ccsc2)n1. The quantitative estimate of drug-likeness (QED) is 0.450. The molecule has 122 valence electrons. The van der Waals surface area contributed by atoms with Crippen molar-refractivity contribution in [2.75, 3.05) is 11.1 Å². The van der Waals surface area contributed by atoms with Gasteiger partial charge < -0.3 is 5.32 Å². The molecule has 1 amide bonds. The molecule has 2 aromatic heterocycles. The molecule has 3 aromatic rings. The fourth-order valence-electron chi connectivity index (χ4n) is 2.11. The van der Waals surface area contributed by atoms with Crippen molar-refractivity contribution in [2.24, 2.45) is 0 Å². The highest BCUT2D eigenvalue weighted by atomic mass is 32.2. The number of hydrogen-bond acceptors (Lipinski definition) is 5. The van der Waals surface area contributed by atoms with E-state index in [1.807, 2.05) is 47.2 Å². The van der Waals surface area contributed by atoms with Crippen LogP contribution in [-0.4, -0.2) is 16.6 Å². The molecule has 1 aromatic carbocycles. The van der Waals surface area contributed by atoms with E-state index in [4.69, 9.17) is 0 Å². The van der Waals surface area contributed by atoms with Crippen LogP contribution in [0, 0.1) is 0 Å². The molecule has 0 aliphatic rings. The Morgan fingerprint density at radius 2 is 2.17 bits per heavy atom. The topological polar surface area (TPSA) is 42.0 Å². The molecule has 3 rings (SSSR count). The summed E-state index contributed by atoms with van der Waals surface area (Å²) in [7, 11) is 0. The number of aromatic nitrogens is 1. The summed E-state index contributed by atoms with van der Waals surface area (Å²) < 4.78 is 0. The molecule has 0 aliphatic heterocycles. The highest BCUT2D eigenvalue weighted by Crippen LogP contribution is 2.28. The number of benzene rings is 1. The molecule has 0 saturated heterocycles. The Morgan fingerprint density at radius 3 is 2.96 bits per heavy atom. The molecule has 0 unspecified atom stereocenters. The van der Waals surface area contributed by atoms with Gasteiger partial charge in [0.25, 0.3) is 0 Å². The summed E-state index contributed by atoms with van der Waals surface area (Å²) in [6.07, 6.45) is 2.13. The Kier molecular flexibility index (Phi) is 5.85. The zero-order chi connectivity index (χ0) is 16.8. The third-order valence-electron chi connectivity index (χ3n) is 3.18. The van der Waals surface area contributed by atoms with Crippen LogP contribution in [0.2, 0.25) is 0 Å². The molecule has 1 N–H and O–H groups in total. The first kappa shape index (κ1) is 17.0. The lowest BCUT2D eigenvalue weighted by atomic mass is 10.3. The predicted octanol–water partition coefficient (Wildman–Crippen LogP) is 5.33. The molecule has 3 nitrogen and oxygen atoms in total. The number of carbonyl (C=O) groups is 1. The third kappa shape index (κ3) is 4.35. The molecule has 0 radical (unpaired) electrons. The fraction of sp³-hybridized carbons (Fsp3) is 0.111. The maximum Gasteiger partial charge on any atom is 0.230 e. The maximum atomic E-state index is 12.3. The van der Waals surface area contributed by atoms with Crippen LogP contribution in [0.15, 0.2) is 64.0 Å². The summed E-state index contributed by atoms with van der Waals surface area (Å²) in [5.41, 5.74) is 2.75. The zero-order valence-corrected chi connectivity index (χ0v) is 15.3. The molecule has 6 heteroatoms. The first-order chi connectivity index (χ1) is 11.8. The standard InChI is InChI=1S/C18H16N2OS3/c1-2-8-23-16-6-4-3-5-15(16)20-17(21)10-14-12-24-18(19-14)13-7-9-22-11-13/h2-7,9,11-12H,1,8,10H2,(H,20,21). The number of thioether (sulfide) groups is 1. The highest BCUT2D eigenvalue weighted by Gasteiger charge is 2.11. The lowest BCUT2D eigenvalue weighted by molar-refractivity contribution is -0.115. The van der Waals surface area contributed by atoms with Crippen molar-refractivity contribution in [1.29, 1.82) is 0 Å². The van der Waals surface area contributed by atoms with Crippen molar-refractivity contribution >= 4 is 46.0 Å². The predicted molar refractivity (Wildman–Crippen MR) is 105 cm³/mol. The lowest BCUT2D eigenvalue weighted by Gasteiger charge is -2.09. The van der Waals surface area contributed by atoms with E-state index in [1.54, 1.807) is 34.4 Å². The number of nitrogens with one attached hydrogen (secondary N) is 1. The summed E-state index contributed by atoms with van der Waals surface area (Å²) in [6.45, 7) is 3.73. The van der Waals surface area contributed by atoms with Crippen molar-refractivity contribution in [3.8, 4) is 10.6 Å². The number of para-hydroxylation sites is 1. The van der Waals surface area contributed by atoms with E-state index in [-0.39, 0.29) is 12.3 Å². The Balaban J connectivity index is 1.65. The van der Waals surface area contributed by atoms with Gasteiger partial charge in [-0.3, -0.25) is 4.79 Å². The van der Waals surface area contributed by atoms with E-state index >= 15 is 0 Å². The highest BCUT2D eigenvalue weighted by molar-refractivity contribution is 7.99. The first-order valence-electron chi connectivity index (χ1n) is 7.36. The Hall–Kier alpha value is -1.89. The molecule has 24 heavy (non-hydrogen) atoms. The monoisotopic (exact) mass is 372 g/mol. The number of thiophene rings is 1. The maximum absolute atomic E-state index is 12.3. The van der Waals surface area contributed by atoms with Gasteiger partial charge in [-0.1, -0.05) is 18.2 Å². The van der Waals surface area contributed by atoms with E-state index < -0.39 is 0 Å². The number of carbonyl (C=O) groups excluding carboxylic acids is 1. The van der Waals surface area contributed by atoms with Gasteiger partial charge in [0, 0.05) is 27.0 Å². The molecule has 0 saturated carbocycles. The summed E-state index contributed by atoms with van der Waals surface area (Å²) in [5, 5.41) is 9.99. The number of hydrogen-bond donors (Lipinski definition) is 1. The normalized spacial score (nSPS) is 10.5. The number of anilines is 1. The van der Waals surface area contributed by atoms with Gasteiger partial charge in [0.1, 0.15) is 5.01 Å². The molecule has 0 aliphatic carbocycles. The molecule has 2 heterocycles. The number of amides is 1. The van der Waals surface area contributed by atoms with Crippen molar-refractivity contribution in [3.63, 3.8) is 0 Å². The fourth-order valence-corrected chi connectivity index (χ4v) is 4.39. The van der Waals surface area contributed by atoms with Crippen LogP contribution in [0.3, 0.4) is 0 Å². The van der Waals surface area contributed by atoms with E-state index in [9.17, 15) is 4.79 Å². The van der Waals surface area contributed by atoms with E-state index in [0.29, 0.717) is 0 Å². The van der Waals surface area contributed by atoms with Crippen molar-refractivity contribution in [3.05, 3.63) is 64.8 Å². The van der Waals surface area contributed by atoms with Gasteiger partial charge in [0.05, 0.1) is 17.8 Å². The molecule has 0 bridgehead atoms. The molecule has 0 fully saturated rings. The van der Waals surface area contributed by atoms with Gasteiger partial charge in [-0.15, -0.1) is 29.7 Å². The molecular formula is C18H16N2OS3. The van der Waals surface area contributed by atoms with Crippen LogP contribution in [0.5, 0.6) is 0 Å². The Bertz CT molecular complexity index is 824. The second-order valence-corrected chi connectivity index (χ2v) is 7.68. The average Bonchev–Trinajstić information content (AvgIpc) is 3.25. The minimum atomic E-state index is -0.0520. The van der Waals surface area contributed by atoms with Crippen LogP contribution >= 0.6 is 34.4 Å². The van der Waals surface area contributed by atoms with E-state index in [2.05, 4.69) is 22.3 Å². The summed E-state index contributed by atoms with van der Waals surface area (Å²) in [6, 6.07) is 9.85. The van der Waals surface area contributed by atoms with Crippen molar-refractivity contribution < 1.29 is 4.79 Å². The van der Waals surface area contributed by atoms with Crippen LogP contribution in [0.1, 0.15) is 5.69 Å².